The first-order valence-corrected chi connectivity index (χ1v) is 9.30. The van der Waals surface area contributed by atoms with E-state index in [-0.39, 0.29) is 0 Å². The van der Waals surface area contributed by atoms with Crippen LogP contribution in [0.2, 0.25) is 5.04 Å². The van der Waals surface area contributed by atoms with Crippen molar-refractivity contribution >= 4 is 9.28 Å². The normalized spacial score (nSPS) is 32.7. The predicted octanol–water partition coefficient (Wildman–Crippen LogP) is 4.03. The molecule has 2 fully saturated rings. The molecule has 0 aromatic carbocycles. The molecule has 0 aliphatic heterocycles. The highest BCUT2D eigenvalue weighted by molar-refractivity contribution is 6.48. The molecule has 2 saturated carbocycles. The lowest BCUT2D eigenvalue weighted by Crippen LogP contribution is -2.44. The van der Waals surface area contributed by atoms with E-state index >= 15 is 0 Å². The molecule has 0 saturated heterocycles. The molecule has 0 atom stereocenters. The van der Waals surface area contributed by atoms with Crippen LogP contribution in [-0.2, 0) is 8.85 Å². The first-order valence-electron chi connectivity index (χ1n) is 7.78. The van der Waals surface area contributed by atoms with Crippen molar-refractivity contribution in [3.8, 4) is 0 Å². The lowest BCUT2D eigenvalue weighted by atomic mass is 9.70. The van der Waals surface area contributed by atoms with Crippen molar-refractivity contribution in [2.24, 2.45) is 11.8 Å². The van der Waals surface area contributed by atoms with Gasteiger partial charge >= 0.3 is 9.28 Å². The van der Waals surface area contributed by atoms with E-state index in [0.717, 1.165) is 11.8 Å². The standard InChI is InChI=1S/C15H30O2Si/c1-13-7-9-14(10-8-13)15(18(16-2)17-3)11-5-4-6-12-15/h13-14,18H,4-12H2,1-3H3. The summed E-state index contributed by atoms with van der Waals surface area (Å²) in [6.45, 7) is 2.41. The van der Waals surface area contributed by atoms with Crippen molar-refractivity contribution in [2.45, 2.75) is 69.7 Å². The number of hydrogen-bond acceptors (Lipinski definition) is 2. The molecule has 2 rings (SSSR count). The van der Waals surface area contributed by atoms with Crippen LogP contribution in [0.5, 0.6) is 0 Å². The Kier molecular flexibility index (Phi) is 5.28. The fourth-order valence-electron chi connectivity index (χ4n) is 4.45. The molecular weight excluding hydrogens is 240 g/mol. The summed E-state index contributed by atoms with van der Waals surface area (Å²) in [6, 6.07) is 0. The van der Waals surface area contributed by atoms with Crippen LogP contribution in [0.4, 0.5) is 0 Å². The van der Waals surface area contributed by atoms with Crippen molar-refractivity contribution in [2.75, 3.05) is 14.2 Å². The van der Waals surface area contributed by atoms with Crippen LogP contribution in [0.25, 0.3) is 0 Å². The third-order valence-corrected chi connectivity index (χ3v) is 8.35. The Morgan fingerprint density at radius 3 is 1.94 bits per heavy atom. The monoisotopic (exact) mass is 270 g/mol. The second-order valence-corrected chi connectivity index (χ2v) is 9.31. The lowest BCUT2D eigenvalue weighted by Gasteiger charge is -2.48. The maximum absolute atomic E-state index is 5.84. The van der Waals surface area contributed by atoms with E-state index in [1.165, 1.54) is 57.8 Å². The molecule has 0 aromatic heterocycles. The van der Waals surface area contributed by atoms with Crippen molar-refractivity contribution in [1.29, 1.82) is 0 Å². The van der Waals surface area contributed by atoms with Crippen LogP contribution in [0.3, 0.4) is 0 Å². The van der Waals surface area contributed by atoms with Crippen LogP contribution < -0.4 is 0 Å². The van der Waals surface area contributed by atoms with E-state index in [4.69, 9.17) is 8.85 Å². The molecule has 0 radical (unpaired) electrons. The van der Waals surface area contributed by atoms with E-state index < -0.39 is 9.28 Å². The van der Waals surface area contributed by atoms with E-state index in [1.807, 2.05) is 14.2 Å². The molecule has 2 aliphatic rings. The Morgan fingerprint density at radius 1 is 0.889 bits per heavy atom. The van der Waals surface area contributed by atoms with E-state index in [1.54, 1.807) is 0 Å². The predicted molar refractivity (Wildman–Crippen MR) is 78.1 cm³/mol. The average Bonchev–Trinajstić information content (AvgIpc) is 2.42. The maximum atomic E-state index is 5.84. The molecule has 18 heavy (non-hydrogen) atoms. The lowest BCUT2D eigenvalue weighted by molar-refractivity contribution is 0.129. The van der Waals surface area contributed by atoms with Crippen LogP contribution in [0, 0.1) is 11.8 Å². The fourth-order valence-corrected chi connectivity index (χ4v) is 7.18. The second kappa shape index (κ2) is 6.53. The smallest absolute Gasteiger partial charge is 0.327 e. The zero-order valence-electron chi connectivity index (χ0n) is 12.4. The SMILES string of the molecule is CO[SiH](OC)C1(C2CCC(C)CC2)CCCCC1. The van der Waals surface area contributed by atoms with Gasteiger partial charge in [0.15, 0.2) is 0 Å². The Labute approximate surface area is 114 Å². The molecule has 0 N–H and O–H groups in total. The van der Waals surface area contributed by atoms with Crippen LogP contribution in [0.1, 0.15) is 64.7 Å². The third kappa shape index (κ3) is 2.83. The summed E-state index contributed by atoms with van der Waals surface area (Å²) in [5.41, 5.74) is 0. The van der Waals surface area contributed by atoms with Gasteiger partial charge in [-0.25, -0.2) is 0 Å². The van der Waals surface area contributed by atoms with Crippen LogP contribution >= 0.6 is 0 Å². The average molecular weight is 270 g/mol. The van der Waals surface area contributed by atoms with Gasteiger partial charge in [0, 0.05) is 19.3 Å². The quantitative estimate of drug-likeness (QED) is 0.718. The Morgan fingerprint density at radius 2 is 1.44 bits per heavy atom. The minimum absolute atomic E-state index is 0.446. The Balaban J connectivity index is 2.13. The summed E-state index contributed by atoms with van der Waals surface area (Å²) >= 11 is 0. The van der Waals surface area contributed by atoms with Gasteiger partial charge in [0.2, 0.25) is 0 Å². The Bertz CT molecular complexity index is 239. The molecule has 0 heterocycles. The van der Waals surface area contributed by atoms with Gasteiger partial charge in [0.05, 0.1) is 0 Å². The van der Waals surface area contributed by atoms with Crippen molar-refractivity contribution in [3.63, 3.8) is 0 Å². The first-order chi connectivity index (χ1) is 8.73. The summed E-state index contributed by atoms with van der Waals surface area (Å²) in [7, 11) is 2.25. The van der Waals surface area contributed by atoms with Crippen LogP contribution in [0.15, 0.2) is 0 Å². The summed E-state index contributed by atoms with van der Waals surface area (Å²) < 4.78 is 11.7. The third-order valence-electron chi connectivity index (χ3n) is 5.51. The molecule has 3 heteroatoms. The largest absolute Gasteiger partial charge is 0.400 e. The zero-order valence-corrected chi connectivity index (χ0v) is 13.6. The Hall–Kier alpha value is 0.137. The van der Waals surface area contributed by atoms with Gasteiger partial charge in [0.25, 0.3) is 0 Å². The van der Waals surface area contributed by atoms with Gasteiger partial charge in [-0.2, -0.15) is 0 Å². The van der Waals surface area contributed by atoms with E-state index in [2.05, 4.69) is 6.92 Å². The molecular formula is C15H30O2Si. The topological polar surface area (TPSA) is 18.5 Å². The minimum Gasteiger partial charge on any atom is -0.400 e. The van der Waals surface area contributed by atoms with E-state index in [9.17, 15) is 0 Å². The van der Waals surface area contributed by atoms with Crippen molar-refractivity contribution < 1.29 is 8.85 Å². The zero-order chi connectivity index (χ0) is 13.0. The molecule has 0 amide bonds. The summed E-state index contributed by atoms with van der Waals surface area (Å²) in [5.74, 6) is 1.82. The van der Waals surface area contributed by atoms with Gasteiger partial charge < -0.3 is 8.85 Å². The summed E-state index contributed by atoms with van der Waals surface area (Å²) in [5, 5.41) is 0.446. The van der Waals surface area contributed by atoms with Gasteiger partial charge in [-0.05, 0) is 37.5 Å². The number of hydrogen-bond donors (Lipinski definition) is 0. The van der Waals surface area contributed by atoms with Crippen LogP contribution in [-0.4, -0.2) is 23.5 Å². The van der Waals surface area contributed by atoms with Gasteiger partial charge in [-0.3, -0.25) is 0 Å². The molecule has 106 valence electrons. The molecule has 0 unspecified atom stereocenters. The van der Waals surface area contributed by atoms with Crippen molar-refractivity contribution in [1.82, 2.24) is 0 Å². The molecule has 0 bridgehead atoms. The highest BCUT2D eigenvalue weighted by Crippen LogP contribution is 2.56. The second-order valence-electron chi connectivity index (χ2n) is 6.55. The van der Waals surface area contributed by atoms with Crippen molar-refractivity contribution in [3.05, 3.63) is 0 Å². The van der Waals surface area contributed by atoms with Gasteiger partial charge in [0.1, 0.15) is 0 Å². The minimum atomic E-state index is -1.50. The molecule has 0 spiro atoms. The molecule has 0 aromatic rings. The summed E-state index contributed by atoms with van der Waals surface area (Å²) in [6.07, 6.45) is 12.6. The van der Waals surface area contributed by atoms with Gasteiger partial charge in [-0.1, -0.05) is 39.0 Å². The highest BCUT2D eigenvalue weighted by Gasteiger charge is 2.49. The fraction of sp³-hybridized carbons (Fsp3) is 1.00. The highest BCUT2D eigenvalue weighted by atomic mass is 28.3. The molecule has 2 aliphatic carbocycles. The maximum Gasteiger partial charge on any atom is 0.327 e. The first kappa shape index (κ1) is 14.5. The van der Waals surface area contributed by atoms with Gasteiger partial charge in [-0.15, -0.1) is 0 Å². The summed E-state index contributed by atoms with van der Waals surface area (Å²) in [4.78, 5) is 0. The number of rotatable bonds is 4. The molecule has 2 nitrogen and oxygen atoms in total. The van der Waals surface area contributed by atoms with E-state index in [0.29, 0.717) is 5.04 Å².